The van der Waals surface area contributed by atoms with E-state index < -0.39 is 15.5 Å². The molecule has 0 amide bonds. The van der Waals surface area contributed by atoms with Crippen LogP contribution in [0.25, 0.3) is 0 Å². The van der Waals surface area contributed by atoms with E-state index in [1.165, 1.54) is 18.3 Å². The van der Waals surface area contributed by atoms with E-state index in [1.807, 2.05) is 36.4 Å². The first-order valence-electron chi connectivity index (χ1n) is 8.62. The van der Waals surface area contributed by atoms with Crippen LogP contribution in [-0.2, 0) is 6.61 Å². The van der Waals surface area contributed by atoms with Gasteiger partial charge in [0, 0.05) is 16.1 Å². The molecule has 0 aliphatic rings. The molecule has 0 heterocycles. The molecular weight excluding hydrogens is 456 g/mol. The van der Waals surface area contributed by atoms with Gasteiger partial charge in [0.05, 0.1) is 22.1 Å². The molecule has 0 saturated heterocycles. The standard InChI is InChI=1S/C20H15BrN4O5/c21-16-6-9-20(30-13-14-4-2-1-3-5-14)15(10-16)12-22-23-18-8-7-17(24(26)27)11-19(18)25(28)29/h1-12,23H,13H2/b22-12-. The molecule has 0 aliphatic heterocycles. The van der Waals surface area contributed by atoms with Gasteiger partial charge in [-0.05, 0) is 29.8 Å². The first-order chi connectivity index (χ1) is 14.4. The summed E-state index contributed by atoms with van der Waals surface area (Å²) in [5.41, 5.74) is 3.41. The fourth-order valence-electron chi connectivity index (χ4n) is 2.54. The summed E-state index contributed by atoms with van der Waals surface area (Å²) in [6, 6.07) is 18.3. The van der Waals surface area contributed by atoms with Crippen LogP contribution in [0.4, 0.5) is 17.1 Å². The summed E-state index contributed by atoms with van der Waals surface area (Å²) >= 11 is 3.39. The summed E-state index contributed by atoms with van der Waals surface area (Å²) in [5.74, 6) is 0.575. The number of ether oxygens (including phenoxy) is 1. The van der Waals surface area contributed by atoms with E-state index in [1.54, 1.807) is 12.1 Å². The number of nitrogens with one attached hydrogen (secondary N) is 1. The Kier molecular flexibility index (Phi) is 6.71. The zero-order chi connectivity index (χ0) is 21.5. The molecule has 9 nitrogen and oxygen atoms in total. The lowest BCUT2D eigenvalue weighted by atomic mass is 10.2. The molecule has 3 aromatic carbocycles. The highest BCUT2D eigenvalue weighted by Gasteiger charge is 2.19. The molecule has 0 saturated carbocycles. The third-order valence-corrected chi connectivity index (χ3v) is 4.48. The van der Waals surface area contributed by atoms with E-state index in [4.69, 9.17) is 4.74 Å². The third kappa shape index (κ3) is 5.39. The summed E-state index contributed by atoms with van der Waals surface area (Å²) in [5, 5.41) is 26.1. The number of nitro groups is 2. The number of hydrazone groups is 1. The predicted molar refractivity (Wildman–Crippen MR) is 116 cm³/mol. The molecular formula is C20H15BrN4O5. The van der Waals surface area contributed by atoms with Crippen LogP contribution in [0.2, 0.25) is 0 Å². The Hall–Kier alpha value is -3.79. The van der Waals surface area contributed by atoms with Crippen molar-refractivity contribution in [1.29, 1.82) is 0 Å². The lowest BCUT2D eigenvalue weighted by Crippen LogP contribution is -2.00. The van der Waals surface area contributed by atoms with Crippen LogP contribution in [0.15, 0.2) is 76.3 Å². The second-order valence-electron chi connectivity index (χ2n) is 6.04. The number of benzene rings is 3. The molecule has 3 aromatic rings. The fourth-order valence-corrected chi connectivity index (χ4v) is 2.92. The number of non-ortho nitro benzene ring substituents is 1. The number of nitrogens with zero attached hydrogens (tertiary/aromatic N) is 3. The minimum Gasteiger partial charge on any atom is -0.488 e. The van der Waals surface area contributed by atoms with Gasteiger partial charge in [-0.3, -0.25) is 25.7 Å². The van der Waals surface area contributed by atoms with Crippen molar-refractivity contribution in [1.82, 2.24) is 0 Å². The smallest absolute Gasteiger partial charge is 0.301 e. The maximum Gasteiger partial charge on any atom is 0.301 e. The molecule has 0 fully saturated rings. The zero-order valence-corrected chi connectivity index (χ0v) is 17.0. The van der Waals surface area contributed by atoms with Gasteiger partial charge in [-0.1, -0.05) is 46.3 Å². The fraction of sp³-hybridized carbons (Fsp3) is 0.0500. The van der Waals surface area contributed by atoms with Crippen LogP contribution in [0, 0.1) is 20.2 Å². The first-order valence-corrected chi connectivity index (χ1v) is 9.41. The van der Waals surface area contributed by atoms with Crippen LogP contribution in [-0.4, -0.2) is 16.1 Å². The van der Waals surface area contributed by atoms with Gasteiger partial charge in [0.1, 0.15) is 18.0 Å². The minimum atomic E-state index is -0.710. The molecule has 0 bridgehead atoms. The predicted octanol–water partition coefficient (Wildman–Crippen LogP) is 5.29. The topological polar surface area (TPSA) is 120 Å². The molecule has 0 radical (unpaired) electrons. The number of anilines is 1. The zero-order valence-electron chi connectivity index (χ0n) is 15.4. The summed E-state index contributed by atoms with van der Waals surface area (Å²) in [6.45, 7) is 0.366. The van der Waals surface area contributed by atoms with Crippen LogP contribution < -0.4 is 10.2 Å². The third-order valence-electron chi connectivity index (χ3n) is 3.99. The van der Waals surface area contributed by atoms with Gasteiger partial charge >= 0.3 is 5.69 Å². The van der Waals surface area contributed by atoms with Gasteiger partial charge in [0.15, 0.2) is 0 Å². The molecule has 1 N–H and O–H groups in total. The maximum absolute atomic E-state index is 11.2. The molecule has 30 heavy (non-hydrogen) atoms. The number of hydrogen-bond donors (Lipinski definition) is 1. The minimum absolute atomic E-state index is 0.0311. The van der Waals surface area contributed by atoms with Crippen LogP contribution in [0.1, 0.15) is 11.1 Å². The summed E-state index contributed by atoms with van der Waals surface area (Å²) in [4.78, 5) is 20.6. The second-order valence-corrected chi connectivity index (χ2v) is 6.96. The Morgan fingerprint density at radius 3 is 2.47 bits per heavy atom. The van der Waals surface area contributed by atoms with Crippen molar-refractivity contribution in [3.05, 3.63) is 103 Å². The molecule has 0 unspecified atom stereocenters. The Morgan fingerprint density at radius 2 is 1.77 bits per heavy atom. The summed E-state index contributed by atoms with van der Waals surface area (Å²) < 4.78 is 6.67. The highest BCUT2D eigenvalue weighted by molar-refractivity contribution is 9.10. The van der Waals surface area contributed by atoms with E-state index in [0.717, 1.165) is 16.1 Å². The highest BCUT2D eigenvalue weighted by atomic mass is 79.9. The first kappa shape index (κ1) is 20.9. The lowest BCUT2D eigenvalue weighted by molar-refractivity contribution is -0.393. The Bertz CT molecular complexity index is 1110. The van der Waals surface area contributed by atoms with E-state index in [9.17, 15) is 20.2 Å². The molecule has 0 aliphatic carbocycles. The average Bonchev–Trinajstić information content (AvgIpc) is 2.73. The number of nitro benzene ring substituents is 2. The molecule has 0 atom stereocenters. The average molecular weight is 471 g/mol. The largest absolute Gasteiger partial charge is 0.488 e. The van der Waals surface area contributed by atoms with Crippen LogP contribution >= 0.6 is 15.9 Å². The van der Waals surface area contributed by atoms with Gasteiger partial charge in [-0.2, -0.15) is 5.10 Å². The monoisotopic (exact) mass is 470 g/mol. The van der Waals surface area contributed by atoms with Crippen molar-refractivity contribution in [2.24, 2.45) is 5.10 Å². The summed E-state index contributed by atoms with van der Waals surface area (Å²) in [6.07, 6.45) is 1.45. The normalized spacial score (nSPS) is 10.7. The number of rotatable bonds is 8. The van der Waals surface area contributed by atoms with Crippen molar-refractivity contribution in [2.75, 3.05) is 5.43 Å². The van der Waals surface area contributed by atoms with Crippen LogP contribution in [0.5, 0.6) is 5.75 Å². The second kappa shape index (κ2) is 9.61. The van der Waals surface area contributed by atoms with Crippen molar-refractivity contribution in [3.8, 4) is 5.75 Å². The van der Waals surface area contributed by atoms with Crippen molar-refractivity contribution >= 4 is 39.2 Å². The summed E-state index contributed by atoms with van der Waals surface area (Å²) in [7, 11) is 0. The van der Waals surface area contributed by atoms with E-state index >= 15 is 0 Å². The maximum atomic E-state index is 11.2. The molecule has 0 spiro atoms. The van der Waals surface area contributed by atoms with Crippen LogP contribution in [0.3, 0.4) is 0 Å². The SMILES string of the molecule is O=[N+]([O-])c1ccc(N/N=C\c2cc(Br)ccc2OCc2ccccc2)c([N+](=O)[O-])c1. The number of halogens is 1. The van der Waals surface area contributed by atoms with Gasteiger partial charge in [0.25, 0.3) is 5.69 Å². The Morgan fingerprint density at radius 1 is 1.00 bits per heavy atom. The lowest BCUT2D eigenvalue weighted by Gasteiger charge is -2.10. The molecule has 10 heteroatoms. The van der Waals surface area contributed by atoms with E-state index in [-0.39, 0.29) is 11.4 Å². The highest BCUT2D eigenvalue weighted by Crippen LogP contribution is 2.29. The number of hydrogen-bond acceptors (Lipinski definition) is 7. The van der Waals surface area contributed by atoms with Gasteiger partial charge in [-0.15, -0.1) is 0 Å². The van der Waals surface area contributed by atoms with E-state index in [2.05, 4.69) is 26.5 Å². The molecule has 3 rings (SSSR count). The Balaban J connectivity index is 1.78. The van der Waals surface area contributed by atoms with E-state index in [0.29, 0.717) is 17.9 Å². The van der Waals surface area contributed by atoms with Crippen molar-refractivity contribution in [2.45, 2.75) is 6.61 Å². The van der Waals surface area contributed by atoms with Gasteiger partial charge in [-0.25, -0.2) is 0 Å². The Labute approximate surface area is 179 Å². The van der Waals surface area contributed by atoms with Gasteiger partial charge < -0.3 is 4.74 Å². The van der Waals surface area contributed by atoms with Crippen molar-refractivity contribution in [3.63, 3.8) is 0 Å². The molecule has 152 valence electrons. The quantitative estimate of drug-likeness (QED) is 0.271. The molecule has 0 aromatic heterocycles. The van der Waals surface area contributed by atoms with Gasteiger partial charge in [0.2, 0.25) is 0 Å². The van der Waals surface area contributed by atoms with Crippen molar-refractivity contribution < 1.29 is 14.6 Å².